The lowest BCUT2D eigenvalue weighted by Gasteiger charge is -2.10. The average molecular weight is 360 g/mol. The third kappa shape index (κ3) is 3.59. The molecule has 0 aliphatic heterocycles. The van der Waals surface area contributed by atoms with Crippen molar-refractivity contribution in [2.75, 3.05) is 5.32 Å². The van der Waals surface area contributed by atoms with E-state index in [4.69, 9.17) is 4.74 Å². The van der Waals surface area contributed by atoms with Crippen LogP contribution >= 0.6 is 0 Å². The minimum atomic E-state index is -0.350. The highest BCUT2D eigenvalue weighted by atomic mass is 16.5. The molecule has 1 amide bonds. The smallest absolute Gasteiger partial charge is 0.260 e. The summed E-state index contributed by atoms with van der Waals surface area (Å²) >= 11 is 0. The van der Waals surface area contributed by atoms with Crippen molar-refractivity contribution in [2.24, 2.45) is 0 Å². The van der Waals surface area contributed by atoms with Gasteiger partial charge in [0.25, 0.3) is 5.91 Å². The van der Waals surface area contributed by atoms with Crippen molar-refractivity contribution < 1.29 is 9.53 Å². The quantitative estimate of drug-likeness (QED) is 0.601. The Morgan fingerprint density at radius 3 is 2.70 bits per heavy atom. The summed E-state index contributed by atoms with van der Waals surface area (Å²) in [7, 11) is 0. The number of hydrogen-bond donors (Lipinski definition) is 1. The molecule has 4 rings (SSSR count). The molecule has 0 spiro atoms. The van der Waals surface area contributed by atoms with Crippen LogP contribution in [0.3, 0.4) is 0 Å². The Morgan fingerprint density at radius 1 is 1.04 bits per heavy atom. The summed E-state index contributed by atoms with van der Waals surface area (Å²) in [6, 6.07) is 7.09. The maximum atomic E-state index is 12.8. The summed E-state index contributed by atoms with van der Waals surface area (Å²) in [6.45, 7) is 3.85. The van der Waals surface area contributed by atoms with Gasteiger partial charge in [0.1, 0.15) is 23.6 Å². The summed E-state index contributed by atoms with van der Waals surface area (Å²) in [6.07, 6.45) is 8.07. The predicted molar refractivity (Wildman–Crippen MR) is 99.0 cm³/mol. The van der Waals surface area contributed by atoms with Gasteiger partial charge in [-0.15, -0.1) is 0 Å². The molecule has 1 N–H and O–H groups in total. The van der Waals surface area contributed by atoms with Gasteiger partial charge in [0.15, 0.2) is 5.65 Å². The number of hydrogen-bond acceptors (Lipinski definition) is 6. The minimum Gasteiger partial charge on any atom is -0.454 e. The zero-order valence-corrected chi connectivity index (χ0v) is 14.7. The molecule has 0 bridgehead atoms. The van der Waals surface area contributed by atoms with Gasteiger partial charge in [-0.1, -0.05) is 6.07 Å². The van der Waals surface area contributed by atoms with E-state index in [1.165, 1.54) is 10.8 Å². The van der Waals surface area contributed by atoms with Crippen LogP contribution in [0.5, 0.6) is 11.5 Å². The molecular formula is C19H16N6O2. The highest BCUT2D eigenvalue weighted by Gasteiger charge is 2.16. The van der Waals surface area contributed by atoms with E-state index in [0.29, 0.717) is 28.5 Å². The molecule has 0 fully saturated rings. The first-order valence-corrected chi connectivity index (χ1v) is 8.25. The highest BCUT2D eigenvalue weighted by Crippen LogP contribution is 2.24. The number of carbonyl (C=O) groups is 1. The fraction of sp³-hybridized carbons (Fsp3) is 0.105. The maximum absolute atomic E-state index is 12.8. The van der Waals surface area contributed by atoms with Crippen LogP contribution in [0.25, 0.3) is 5.65 Å². The van der Waals surface area contributed by atoms with Crippen molar-refractivity contribution in [3.63, 3.8) is 0 Å². The van der Waals surface area contributed by atoms with Crippen molar-refractivity contribution in [1.29, 1.82) is 0 Å². The molecule has 0 atom stereocenters. The molecule has 8 nitrogen and oxygen atoms in total. The molecule has 0 saturated heterocycles. The molecule has 0 saturated carbocycles. The number of aryl methyl sites for hydroxylation is 2. The van der Waals surface area contributed by atoms with E-state index in [9.17, 15) is 4.79 Å². The fourth-order valence-electron chi connectivity index (χ4n) is 2.57. The second-order valence-corrected chi connectivity index (χ2v) is 6.09. The topological polar surface area (TPSA) is 94.3 Å². The van der Waals surface area contributed by atoms with Gasteiger partial charge < -0.3 is 10.1 Å². The van der Waals surface area contributed by atoms with Crippen LogP contribution in [0, 0.1) is 13.8 Å². The first-order valence-electron chi connectivity index (χ1n) is 8.25. The molecule has 0 radical (unpaired) electrons. The molecule has 4 aromatic heterocycles. The van der Waals surface area contributed by atoms with Crippen LogP contribution in [0.4, 0.5) is 5.82 Å². The van der Waals surface area contributed by atoms with Crippen LogP contribution < -0.4 is 10.1 Å². The standard InChI is InChI=1S/C19H16N6O2/c1-12-3-4-17(21-8-12)24-19(26)16-6-15(10-25-18(16)22-11-23-25)27-14-5-13(2)7-20-9-14/h3-11H,1-2H3,(H,21,24,26). The Morgan fingerprint density at radius 2 is 1.93 bits per heavy atom. The third-order valence-electron chi connectivity index (χ3n) is 3.83. The summed E-state index contributed by atoms with van der Waals surface area (Å²) in [5.41, 5.74) is 2.73. The van der Waals surface area contributed by atoms with Gasteiger partial charge in [0.05, 0.1) is 18.0 Å². The number of pyridine rings is 3. The van der Waals surface area contributed by atoms with Crippen LogP contribution in [-0.4, -0.2) is 30.5 Å². The minimum absolute atomic E-state index is 0.327. The van der Waals surface area contributed by atoms with E-state index in [2.05, 4.69) is 25.4 Å². The number of aromatic nitrogens is 5. The maximum Gasteiger partial charge on any atom is 0.260 e. The molecule has 27 heavy (non-hydrogen) atoms. The fourth-order valence-corrected chi connectivity index (χ4v) is 2.57. The molecule has 4 heterocycles. The molecular weight excluding hydrogens is 344 g/mol. The van der Waals surface area contributed by atoms with E-state index in [0.717, 1.165) is 11.1 Å². The van der Waals surface area contributed by atoms with E-state index in [-0.39, 0.29) is 5.91 Å². The van der Waals surface area contributed by atoms with Gasteiger partial charge in [0, 0.05) is 12.4 Å². The number of rotatable bonds is 4. The number of nitrogens with zero attached hydrogens (tertiary/aromatic N) is 5. The van der Waals surface area contributed by atoms with Crippen LogP contribution in [-0.2, 0) is 0 Å². The van der Waals surface area contributed by atoms with Crippen LogP contribution in [0.1, 0.15) is 21.5 Å². The molecule has 0 aliphatic carbocycles. The molecule has 0 aliphatic rings. The lowest BCUT2D eigenvalue weighted by atomic mass is 10.2. The Balaban J connectivity index is 1.67. The van der Waals surface area contributed by atoms with Crippen LogP contribution in [0.2, 0.25) is 0 Å². The van der Waals surface area contributed by atoms with Crippen molar-refractivity contribution in [1.82, 2.24) is 24.6 Å². The van der Waals surface area contributed by atoms with Gasteiger partial charge in [-0.05, 0) is 43.2 Å². The van der Waals surface area contributed by atoms with Crippen molar-refractivity contribution in [2.45, 2.75) is 13.8 Å². The second-order valence-electron chi connectivity index (χ2n) is 6.09. The summed E-state index contributed by atoms with van der Waals surface area (Å²) in [5.74, 6) is 1.12. The Bertz CT molecular complexity index is 1120. The lowest BCUT2D eigenvalue weighted by Crippen LogP contribution is -2.14. The largest absolute Gasteiger partial charge is 0.454 e. The number of nitrogens with one attached hydrogen (secondary N) is 1. The Hall–Kier alpha value is -3.81. The molecule has 0 unspecified atom stereocenters. The summed E-state index contributed by atoms with van der Waals surface area (Å²) < 4.78 is 7.34. The average Bonchev–Trinajstić information content (AvgIpc) is 3.11. The molecule has 8 heteroatoms. The zero-order valence-electron chi connectivity index (χ0n) is 14.7. The van der Waals surface area contributed by atoms with Crippen LogP contribution in [0.15, 0.2) is 55.4 Å². The van der Waals surface area contributed by atoms with Crippen molar-refractivity contribution in [3.05, 3.63) is 72.1 Å². The molecule has 0 aromatic carbocycles. The van der Waals surface area contributed by atoms with Crippen molar-refractivity contribution in [3.8, 4) is 11.5 Å². The van der Waals surface area contributed by atoms with Crippen molar-refractivity contribution >= 4 is 17.4 Å². The normalized spacial score (nSPS) is 10.7. The van der Waals surface area contributed by atoms with E-state index < -0.39 is 0 Å². The zero-order chi connectivity index (χ0) is 18.8. The Kier molecular flexibility index (Phi) is 4.21. The van der Waals surface area contributed by atoms with Gasteiger partial charge in [-0.3, -0.25) is 9.78 Å². The van der Waals surface area contributed by atoms with Gasteiger partial charge in [-0.25, -0.2) is 14.5 Å². The predicted octanol–water partition coefficient (Wildman–Crippen LogP) is 3.18. The van der Waals surface area contributed by atoms with Gasteiger partial charge in [0.2, 0.25) is 0 Å². The lowest BCUT2D eigenvalue weighted by molar-refractivity contribution is 0.102. The first kappa shape index (κ1) is 16.6. The van der Waals surface area contributed by atoms with E-state index >= 15 is 0 Å². The number of ether oxygens (including phenoxy) is 1. The number of fused-ring (bicyclic) bond motifs is 1. The second kappa shape index (κ2) is 6.83. The number of carbonyl (C=O) groups excluding carboxylic acids is 1. The SMILES string of the molecule is Cc1ccc(NC(=O)c2cc(Oc3cncc(C)c3)cn3ncnc23)nc1. The number of amides is 1. The van der Waals surface area contributed by atoms with E-state index in [1.54, 1.807) is 36.9 Å². The Labute approximate surface area is 154 Å². The first-order chi connectivity index (χ1) is 13.1. The summed E-state index contributed by atoms with van der Waals surface area (Å²) in [5, 5.41) is 6.88. The van der Waals surface area contributed by atoms with Gasteiger partial charge >= 0.3 is 0 Å². The third-order valence-corrected chi connectivity index (χ3v) is 3.83. The summed E-state index contributed by atoms with van der Waals surface area (Å²) in [4.78, 5) is 25.2. The van der Waals surface area contributed by atoms with Gasteiger partial charge in [-0.2, -0.15) is 5.10 Å². The number of anilines is 1. The monoisotopic (exact) mass is 360 g/mol. The van der Waals surface area contributed by atoms with E-state index in [1.807, 2.05) is 26.0 Å². The molecule has 134 valence electrons. The highest BCUT2D eigenvalue weighted by molar-refractivity contribution is 6.08. The molecule has 4 aromatic rings.